The summed E-state index contributed by atoms with van der Waals surface area (Å²) < 4.78 is 38.3. The van der Waals surface area contributed by atoms with Crippen molar-refractivity contribution in [3.05, 3.63) is 53.0 Å². The number of benzene rings is 1. The predicted molar refractivity (Wildman–Crippen MR) is 67.3 cm³/mol. The monoisotopic (exact) mass is 267 g/mol. The Bertz CT molecular complexity index is 558. The van der Waals surface area contributed by atoms with Crippen LogP contribution in [0.2, 0.25) is 0 Å². The molecule has 0 radical (unpaired) electrons. The zero-order valence-corrected chi connectivity index (χ0v) is 11.0. The molecule has 0 aliphatic carbocycles. The molecule has 1 N–H and O–H groups in total. The number of methoxy groups -OCH3 is 1. The van der Waals surface area contributed by atoms with E-state index in [0.717, 1.165) is 17.7 Å². The first kappa shape index (κ1) is 13.5. The molecule has 1 aromatic carbocycles. The number of hydrogen-bond donors (Lipinski definition) is 1. The molecule has 0 spiro atoms. The van der Waals surface area contributed by atoms with Crippen molar-refractivity contribution in [1.29, 1.82) is 0 Å². The fraction of sp³-hybridized carbons (Fsp3) is 0.286. The van der Waals surface area contributed by atoms with Crippen LogP contribution < -0.4 is 10.1 Å². The molecule has 5 heteroatoms. The lowest BCUT2D eigenvalue weighted by molar-refractivity contribution is 0.398. The molecule has 1 unspecified atom stereocenters. The summed E-state index contributed by atoms with van der Waals surface area (Å²) in [5, 5.41) is 2.87. The highest BCUT2D eigenvalue weighted by Gasteiger charge is 2.25. The fourth-order valence-electron chi connectivity index (χ4n) is 2.04. The van der Waals surface area contributed by atoms with E-state index in [4.69, 9.17) is 9.15 Å². The Balaban J connectivity index is 2.53. The Hall–Kier alpha value is -1.88. The Morgan fingerprint density at radius 3 is 2.32 bits per heavy atom. The molecule has 2 aromatic rings. The van der Waals surface area contributed by atoms with Crippen molar-refractivity contribution in [2.24, 2.45) is 0 Å². The summed E-state index contributed by atoms with van der Waals surface area (Å²) in [6.45, 7) is 1.82. The lowest BCUT2D eigenvalue weighted by Gasteiger charge is -2.17. The quantitative estimate of drug-likeness (QED) is 0.923. The average Bonchev–Trinajstić information content (AvgIpc) is 2.79. The van der Waals surface area contributed by atoms with Crippen LogP contribution in [0.5, 0.6) is 5.75 Å². The zero-order chi connectivity index (χ0) is 14.0. The highest BCUT2D eigenvalue weighted by Crippen LogP contribution is 2.31. The maximum Gasteiger partial charge on any atom is 0.135 e. The van der Waals surface area contributed by atoms with Crippen molar-refractivity contribution in [2.45, 2.75) is 13.0 Å². The van der Waals surface area contributed by atoms with Crippen molar-refractivity contribution >= 4 is 0 Å². The number of ether oxygens (including phenoxy) is 1. The van der Waals surface area contributed by atoms with Gasteiger partial charge in [0.1, 0.15) is 23.1 Å². The summed E-state index contributed by atoms with van der Waals surface area (Å²) in [7, 11) is 2.98. The molecule has 0 bridgehead atoms. The summed E-state index contributed by atoms with van der Waals surface area (Å²) in [6.07, 6.45) is 1.49. The summed E-state index contributed by atoms with van der Waals surface area (Å²) >= 11 is 0. The van der Waals surface area contributed by atoms with E-state index in [1.54, 1.807) is 13.1 Å². The minimum atomic E-state index is -0.680. The molecule has 1 aromatic heterocycles. The maximum absolute atomic E-state index is 14.1. The van der Waals surface area contributed by atoms with Crippen LogP contribution in [0.1, 0.15) is 22.9 Å². The second kappa shape index (κ2) is 5.40. The molecule has 0 saturated heterocycles. The van der Waals surface area contributed by atoms with Crippen LogP contribution in [-0.4, -0.2) is 14.2 Å². The van der Waals surface area contributed by atoms with Crippen LogP contribution in [0, 0.1) is 18.6 Å². The summed E-state index contributed by atoms with van der Waals surface area (Å²) in [4.78, 5) is 0. The van der Waals surface area contributed by atoms with Gasteiger partial charge in [0, 0.05) is 17.7 Å². The zero-order valence-electron chi connectivity index (χ0n) is 11.0. The number of halogens is 2. The van der Waals surface area contributed by atoms with Gasteiger partial charge in [-0.3, -0.25) is 0 Å². The molecule has 0 aliphatic heterocycles. The van der Waals surface area contributed by atoms with E-state index in [2.05, 4.69) is 5.32 Å². The first-order valence-electron chi connectivity index (χ1n) is 5.82. The Labute approximate surface area is 110 Å². The van der Waals surface area contributed by atoms with E-state index >= 15 is 0 Å². The second-order valence-electron chi connectivity index (χ2n) is 4.19. The van der Waals surface area contributed by atoms with Gasteiger partial charge in [-0.05, 0) is 25.6 Å². The molecule has 1 heterocycles. The number of nitrogens with one attached hydrogen (secondary N) is 1. The van der Waals surface area contributed by atoms with Crippen molar-refractivity contribution in [3.8, 4) is 5.75 Å². The van der Waals surface area contributed by atoms with Crippen molar-refractivity contribution < 1.29 is 17.9 Å². The molecule has 0 amide bonds. The van der Waals surface area contributed by atoms with E-state index in [-0.39, 0.29) is 11.3 Å². The number of hydrogen-bond acceptors (Lipinski definition) is 3. The predicted octanol–water partition coefficient (Wildman–Crippen LogP) is 3.18. The van der Waals surface area contributed by atoms with E-state index in [1.165, 1.54) is 13.4 Å². The van der Waals surface area contributed by atoms with Crippen LogP contribution in [-0.2, 0) is 0 Å². The number of aryl methyl sites for hydroxylation is 1. The van der Waals surface area contributed by atoms with Gasteiger partial charge in [-0.1, -0.05) is 0 Å². The van der Waals surface area contributed by atoms with E-state index in [1.807, 2.05) is 6.92 Å². The molecule has 1 atom stereocenters. The lowest BCUT2D eigenvalue weighted by Crippen LogP contribution is -2.20. The topological polar surface area (TPSA) is 34.4 Å². The normalized spacial score (nSPS) is 12.5. The smallest absolute Gasteiger partial charge is 0.135 e. The third-order valence-corrected chi connectivity index (χ3v) is 3.03. The SMILES string of the molecule is CNC(c1occc1C)c1c(F)cc(OC)cc1F. The van der Waals surface area contributed by atoms with Gasteiger partial charge in [-0.2, -0.15) is 0 Å². The molecule has 3 nitrogen and oxygen atoms in total. The van der Waals surface area contributed by atoms with Gasteiger partial charge in [-0.15, -0.1) is 0 Å². The summed E-state index contributed by atoms with van der Waals surface area (Å²) in [5.74, 6) is -0.714. The molecule has 102 valence electrons. The third kappa shape index (κ3) is 2.46. The van der Waals surface area contributed by atoms with E-state index in [9.17, 15) is 8.78 Å². The number of furan rings is 1. The van der Waals surface area contributed by atoms with Crippen molar-refractivity contribution in [1.82, 2.24) is 5.32 Å². The van der Waals surface area contributed by atoms with Crippen molar-refractivity contribution in [3.63, 3.8) is 0 Å². The minimum absolute atomic E-state index is 0.0821. The average molecular weight is 267 g/mol. The van der Waals surface area contributed by atoms with Gasteiger partial charge in [0.15, 0.2) is 0 Å². The third-order valence-electron chi connectivity index (χ3n) is 3.03. The Morgan fingerprint density at radius 2 is 1.89 bits per heavy atom. The maximum atomic E-state index is 14.1. The molecule has 0 saturated carbocycles. The van der Waals surface area contributed by atoms with Gasteiger partial charge >= 0.3 is 0 Å². The van der Waals surface area contributed by atoms with Crippen molar-refractivity contribution in [2.75, 3.05) is 14.2 Å². The minimum Gasteiger partial charge on any atom is -0.497 e. The van der Waals surface area contributed by atoms with Crippen LogP contribution >= 0.6 is 0 Å². The fourth-order valence-corrected chi connectivity index (χ4v) is 2.04. The standard InChI is InChI=1S/C14H15F2NO2/c1-8-4-5-19-14(8)13(17-2)12-10(15)6-9(18-3)7-11(12)16/h4-7,13,17H,1-3H3. The highest BCUT2D eigenvalue weighted by molar-refractivity contribution is 5.37. The summed E-state index contributed by atoms with van der Waals surface area (Å²) in [5.41, 5.74) is 0.746. The first-order chi connectivity index (χ1) is 9.08. The van der Waals surface area contributed by atoms with E-state index < -0.39 is 17.7 Å². The van der Waals surface area contributed by atoms with Crippen LogP contribution in [0.4, 0.5) is 8.78 Å². The van der Waals surface area contributed by atoms with Gasteiger partial charge in [0.25, 0.3) is 0 Å². The molecule has 2 rings (SSSR count). The summed E-state index contributed by atoms with van der Waals surface area (Å²) in [6, 6.07) is 3.38. The molecular weight excluding hydrogens is 252 g/mol. The van der Waals surface area contributed by atoms with E-state index in [0.29, 0.717) is 5.76 Å². The first-order valence-corrected chi connectivity index (χ1v) is 5.82. The van der Waals surface area contributed by atoms with Gasteiger partial charge < -0.3 is 14.5 Å². The second-order valence-corrected chi connectivity index (χ2v) is 4.19. The largest absolute Gasteiger partial charge is 0.497 e. The van der Waals surface area contributed by atoms with Gasteiger partial charge in [0.05, 0.1) is 19.4 Å². The van der Waals surface area contributed by atoms with Crippen LogP contribution in [0.15, 0.2) is 28.9 Å². The molecule has 19 heavy (non-hydrogen) atoms. The van der Waals surface area contributed by atoms with Gasteiger partial charge in [0.2, 0.25) is 0 Å². The van der Waals surface area contributed by atoms with Crippen LogP contribution in [0.3, 0.4) is 0 Å². The Morgan fingerprint density at radius 1 is 1.26 bits per heavy atom. The number of rotatable bonds is 4. The molecule has 0 fully saturated rings. The highest BCUT2D eigenvalue weighted by atomic mass is 19.1. The van der Waals surface area contributed by atoms with Gasteiger partial charge in [-0.25, -0.2) is 8.78 Å². The lowest BCUT2D eigenvalue weighted by atomic mass is 10.0. The molecular formula is C14H15F2NO2. The van der Waals surface area contributed by atoms with Crippen LogP contribution in [0.25, 0.3) is 0 Å². The molecule has 0 aliphatic rings. The Kier molecular flexibility index (Phi) is 3.85.